The molecule has 0 bridgehead atoms. The summed E-state index contributed by atoms with van der Waals surface area (Å²) in [7, 11) is 1.36. The molecule has 2 unspecified atom stereocenters. The lowest BCUT2D eigenvalue weighted by molar-refractivity contribution is -0.142. The van der Waals surface area contributed by atoms with Crippen molar-refractivity contribution < 1.29 is 27.5 Å². The summed E-state index contributed by atoms with van der Waals surface area (Å²) in [6, 6.07) is 21.7. The summed E-state index contributed by atoms with van der Waals surface area (Å²) in [5, 5.41) is 0. The first-order valence-electron chi connectivity index (χ1n) is 11.9. The normalized spacial score (nSPS) is 18.6. The molecule has 0 aromatic heterocycles. The minimum absolute atomic E-state index is 0.0478. The number of esters is 1. The van der Waals surface area contributed by atoms with Crippen molar-refractivity contribution in [1.82, 2.24) is 4.90 Å². The van der Waals surface area contributed by atoms with E-state index in [-0.39, 0.29) is 30.1 Å². The van der Waals surface area contributed by atoms with Crippen molar-refractivity contribution in [3.63, 3.8) is 0 Å². The van der Waals surface area contributed by atoms with Crippen molar-refractivity contribution in [2.75, 3.05) is 13.7 Å². The fraction of sp³-hybridized carbons (Fsp3) is 0.310. The van der Waals surface area contributed by atoms with E-state index in [1.165, 1.54) is 19.2 Å². The van der Waals surface area contributed by atoms with Gasteiger partial charge in [0.05, 0.1) is 12.7 Å². The first-order chi connectivity index (χ1) is 17.2. The van der Waals surface area contributed by atoms with Crippen LogP contribution in [0.15, 0.2) is 78.9 Å². The third kappa shape index (κ3) is 6.21. The number of alkyl halides is 3. The Hall–Kier alpha value is -3.45. The highest BCUT2D eigenvalue weighted by Crippen LogP contribution is 2.38. The molecule has 4 rings (SSSR count). The van der Waals surface area contributed by atoms with E-state index in [1.807, 2.05) is 42.5 Å². The van der Waals surface area contributed by atoms with E-state index < -0.39 is 11.7 Å². The fourth-order valence-electron chi connectivity index (χ4n) is 4.77. The number of carbonyl (C=O) groups is 2. The Balaban J connectivity index is 1.52. The highest BCUT2D eigenvalue weighted by molar-refractivity contribution is 6.08. The van der Waals surface area contributed by atoms with Crippen molar-refractivity contribution in [1.29, 1.82) is 0 Å². The van der Waals surface area contributed by atoms with Gasteiger partial charge in [-0.1, -0.05) is 66.7 Å². The number of nitrogens with zero attached hydrogens (tertiary/aromatic N) is 1. The zero-order chi connectivity index (χ0) is 25.7. The molecule has 0 N–H and O–H groups in total. The van der Waals surface area contributed by atoms with Crippen molar-refractivity contribution >= 4 is 11.8 Å². The minimum Gasteiger partial charge on any atom is -0.469 e. The van der Waals surface area contributed by atoms with E-state index in [0.29, 0.717) is 30.6 Å². The highest BCUT2D eigenvalue weighted by atomic mass is 19.4. The van der Waals surface area contributed by atoms with Crippen molar-refractivity contribution in [3.05, 3.63) is 107 Å². The number of hydrogen-bond donors (Lipinski definition) is 0. The number of likely N-dealkylation sites (tertiary alicyclic amines) is 1. The average molecular weight is 496 g/mol. The molecule has 0 saturated carbocycles. The van der Waals surface area contributed by atoms with E-state index in [2.05, 4.69) is 4.90 Å². The van der Waals surface area contributed by atoms with Crippen LogP contribution < -0.4 is 0 Å². The van der Waals surface area contributed by atoms with Gasteiger partial charge < -0.3 is 4.74 Å². The predicted molar refractivity (Wildman–Crippen MR) is 130 cm³/mol. The lowest BCUT2D eigenvalue weighted by Crippen LogP contribution is -2.37. The molecule has 2 atom stereocenters. The Morgan fingerprint density at radius 1 is 0.917 bits per heavy atom. The fourth-order valence-corrected chi connectivity index (χ4v) is 4.77. The molecule has 36 heavy (non-hydrogen) atoms. The molecule has 0 amide bonds. The molecule has 0 aliphatic carbocycles. The number of rotatable bonds is 7. The molecule has 0 radical (unpaired) electrons. The first kappa shape index (κ1) is 25.6. The number of benzene rings is 3. The van der Waals surface area contributed by atoms with E-state index in [1.54, 1.807) is 12.1 Å². The topological polar surface area (TPSA) is 46.6 Å². The summed E-state index contributed by atoms with van der Waals surface area (Å²) < 4.78 is 44.1. The van der Waals surface area contributed by atoms with Gasteiger partial charge in [-0.05, 0) is 48.6 Å². The SMILES string of the molecule is COC(=O)CC1CCN(Cc2ccc(C(=O)c3ccccc3)cc2)C(c2ccc(C(F)(F)F)cc2)C1. The Morgan fingerprint density at radius 2 is 1.56 bits per heavy atom. The van der Waals surface area contributed by atoms with Crippen LogP contribution in [0.3, 0.4) is 0 Å². The van der Waals surface area contributed by atoms with Crippen molar-refractivity contribution in [3.8, 4) is 0 Å². The van der Waals surface area contributed by atoms with Crippen LogP contribution in [0.2, 0.25) is 0 Å². The van der Waals surface area contributed by atoms with Crippen LogP contribution in [-0.2, 0) is 22.3 Å². The van der Waals surface area contributed by atoms with Gasteiger partial charge in [0.15, 0.2) is 5.78 Å². The number of carbonyl (C=O) groups excluding carboxylic acids is 2. The van der Waals surface area contributed by atoms with E-state index in [4.69, 9.17) is 4.74 Å². The maximum atomic E-state index is 13.1. The molecule has 3 aromatic carbocycles. The van der Waals surface area contributed by atoms with Crippen molar-refractivity contribution in [2.24, 2.45) is 5.92 Å². The summed E-state index contributed by atoms with van der Waals surface area (Å²) in [6.07, 6.45) is -2.67. The van der Waals surface area contributed by atoms with Gasteiger partial charge in [-0.15, -0.1) is 0 Å². The molecule has 1 fully saturated rings. The first-order valence-corrected chi connectivity index (χ1v) is 11.9. The minimum atomic E-state index is -4.39. The van der Waals surface area contributed by atoms with Crippen LogP contribution in [0.1, 0.15) is 57.9 Å². The number of ketones is 1. The molecular weight excluding hydrogens is 467 g/mol. The Kier molecular flexibility index (Phi) is 7.89. The molecular formula is C29H28F3NO3. The van der Waals surface area contributed by atoms with Gasteiger partial charge in [0.1, 0.15) is 0 Å². The number of halogens is 3. The number of piperidine rings is 1. The highest BCUT2D eigenvalue weighted by Gasteiger charge is 2.33. The Bertz CT molecular complexity index is 1180. The predicted octanol–water partition coefficient (Wildman–Crippen LogP) is 6.45. The molecule has 1 saturated heterocycles. The molecule has 4 nitrogen and oxygen atoms in total. The third-order valence-corrected chi connectivity index (χ3v) is 6.77. The largest absolute Gasteiger partial charge is 0.469 e. The smallest absolute Gasteiger partial charge is 0.416 e. The van der Waals surface area contributed by atoms with E-state index in [0.717, 1.165) is 29.7 Å². The second-order valence-electron chi connectivity index (χ2n) is 9.17. The van der Waals surface area contributed by atoms with Crippen LogP contribution >= 0.6 is 0 Å². The summed E-state index contributed by atoms with van der Waals surface area (Å²) in [4.78, 5) is 26.8. The van der Waals surface area contributed by atoms with E-state index in [9.17, 15) is 22.8 Å². The molecule has 1 heterocycles. The molecule has 1 aliphatic heterocycles. The van der Waals surface area contributed by atoms with Gasteiger partial charge in [0, 0.05) is 30.1 Å². The lowest BCUT2D eigenvalue weighted by atomic mass is 9.84. The van der Waals surface area contributed by atoms with Gasteiger partial charge in [-0.3, -0.25) is 14.5 Å². The van der Waals surface area contributed by atoms with Gasteiger partial charge >= 0.3 is 12.1 Å². The summed E-state index contributed by atoms with van der Waals surface area (Å²) in [5.41, 5.74) is 2.33. The maximum Gasteiger partial charge on any atom is 0.416 e. The quantitative estimate of drug-likeness (QED) is 0.279. The average Bonchev–Trinajstić information content (AvgIpc) is 2.89. The third-order valence-electron chi connectivity index (χ3n) is 6.77. The standard InChI is InChI=1S/C29H28F3NO3/c1-36-27(34)18-21-15-16-33(26(17-21)22-11-13-25(14-12-22)29(30,31)32)19-20-7-9-24(10-8-20)28(35)23-5-3-2-4-6-23/h2-14,21,26H,15-19H2,1H3. The zero-order valence-corrected chi connectivity index (χ0v) is 20.0. The molecule has 188 valence electrons. The molecule has 0 spiro atoms. The number of methoxy groups -OCH3 is 1. The second-order valence-corrected chi connectivity index (χ2v) is 9.17. The van der Waals surface area contributed by atoms with Gasteiger partial charge in [0.2, 0.25) is 0 Å². The van der Waals surface area contributed by atoms with Crippen molar-refractivity contribution in [2.45, 2.75) is 38.0 Å². The van der Waals surface area contributed by atoms with Crippen LogP contribution in [0.25, 0.3) is 0 Å². The van der Waals surface area contributed by atoms with Gasteiger partial charge in [-0.2, -0.15) is 13.2 Å². The molecule has 3 aromatic rings. The summed E-state index contributed by atoms with van der Waals surface area (Å²) in [6.45, 7) is 1.27. The maximum absolute atomic E-state index is 13.1. The second kappa shape index (κ2) is 11.1. The lowest BCUT2D eigenvalue weighted by Gasteiger charge is -2.40. The summed E-state index contributed by atoms with van der Waals surface area (Å²) >= 11 is 0. The molecule has 7 heteroatoms. The number of ether oxygens (including phenoxy) is 1. The zero-order valence-electron chi connectivity index (χ0n) is 20.0. The Morgan fingerprint density at radius 3 is 2.17 bits per heavy atom. The molecule has 1 aliphatic rings. The van der Waals surface area contributed by atoms with Crippen LogP contribution in [0, 0.1) is 5.92 Å². The summed E-state index contributed by atoms with van der Waals surface area (Å²) in [5.74, 6) is -0.237. The Labute approximate surface area is 208 Å². The van der Waals surface area contributed by atoms with Gasteiger partial charge in [0.25, 0.3) is 0 Å². The van der Waals surface area contributed by atoms with E-state index >= 15 is 0 Å². The monoisotopic (exact) mass is 495 g/mol. The number of hydrogen-bond acceptors (Lipinski definition) is 4. The van der Waals surface area contributed by atoms with Crippen LogP contribution in [0.5, 0.6) is 0 Å². The van der Waals surface area contributed by atoms with Gasteiger partial charge in [-0.25, -0.2) is 0 Å². The van der Waals surface area contributed by atoms with Crippen LogP contribution in [0.4, 0.5) is 13.2 Å². The van der Waals surface area contributed by atoms with Crippen LogP contribution in [-0.4, -0.2) is 30.3 Å².